The Morgan fingerprint density at radius 2 is 1.70 bits per heavy atom. The van der Waals surface area contributed by atoms with Crippen molar-refractivity contribution >= 4 is 33.8 Å². The van der Waals surface area contributed by atoms with E-state index in [0.29, 0.717) is 5.92 Å². The number of guanidine groups is 1. The molecule has 3 aromatic rings. The van der Waals surface area contributed by atoms with Crippen LogP contribution >= 0.6 is 11.3 Å². The first-order chi connectivity index (χ1) is 14.3. The maximum absolute atomic E-state index is 5.32. The molecule has 0 saturated carbocycles. The Labute approximate surface area is 181 Å². The Balaban J connectivity index is 1.73. The second kappa shape index (κ2) is 9.54. The number of nitrogens with one attached hydrogen (secondary N) is 1. The number of aromatic nitrogens is 1. The van der Waals surface area contributed by atoms with Gasteiger partial charge in [-0.3, -0.25) is 0 Å². The molecule has 0 aliphatic carbocycles. The summed E-state index contributed by atoms with van der Waals surface area (Å²) in [7, 11) is 0. The predicted molar refractivity (Wildman–Crippen MR) is 129 cm³/mol. The molecule has 1 heterocycles. The Bertz CT molecular complexity index is 1040. The summed E-state index contributed by atoms with van der Waals surface area (Å²) in [6.45, 7) is 8.44. The van der Waals surface area contributed by atoms with E-state index in [9.17, 15) is 0 Å². The van der Waals surface area contributed by atoms with Crippen molar-refractivity contribution in [1.29, 1.82) is 0 Å². The molecule has 0 aliphatic rings. The maximum atomic E-state index is 5.32. The van der Waals surface area contributed by atoms with Crippen LogP contribution in [0.4, 0.5) is 10.8 Å². The van der Waals surface area contributed by atoms with E-state index in [1.165, 1.54) is 10.4 Å². The number of anilines is 2. The monoisotopic (exact) mass is 420 g/mol. The van der Waals surface area contributed by atoms with Gasteiger partial charge in [-0.2, -0.15) is 5.10 Å². The Hall–Kier alpha value is -3.19. The summed E-state index contributed by atoms with van der Waals surface area (Å²) in [5, 5.41) is 11.9. The van der Waals surface area contributed by atoms with Gasteiger partial charge < -0.3 is 16.8 Å². The topological polar surface area (TPSA) is 102 Å². The van der Waals surface area contributed by atoms with Crippen LogP contribution in [0.15, 0.2) is 58.7 Å². The van der Waals surface area contributed by atoms with Crippen LogP contribution in [-0.2, 0) is 6.42 Å². The van der Waals surface area contributed by atoms with Crippen LogP contribution in [0.5, 0.6) is 0 Å². The fourth-order valence-electron chi connectivity index (χ4n) is 3.10. The van der Waals surface area contributed by atoms with Gasteiger partial charge in [-0.1, -0.05) is 50.2 Å². The van der Waals surface area contributed by atoms with Crippen molar-refractivity contribution in [1.82, 2.24) is 4.98 Å². The third-order valence-corrected chi connectivity index (χ3v) is 5.42. The Morgan fingerprint density at radius 3 is 2.30 bits per heavy atom. The summed E-state index contributed by atoms with van der Waals surface area (Å²) in [6.07, 6.45) is 1.09. The lowest BCUT2D eigenvalue weighted by atomic mass is 10.0. The van der Waals surface area contributed by atoms with Gasteiger partial charge >= 0.3 is 0 Å². The van der Waals surface area contributed by atoms with Gasteiger partial charge in [-0.25, -0.2) is 4.98 Å². The summed E-state index contributed by atoms with van der Waals surface area (Å²) >= 11 is 1.65. The SMILES string of the molecule is CC(=NN=C(N)N)c1ccc(Nc2nc(-c3ccc(CC(C)C)cc3)c(C)s2)cc1. The lowest BCUT2D eigenvalue weighted by Gasteiger charge is -2.06. The summed E-state index contributed by atoms with van der Waals surface area (Å²) in [5.41, 5.74) is 16.8. The van der Waals surface area contributed by atoms with Gasteiger partial charge in [-0.05, 0) is 49.4 Å². The minimum atomic E-state index is -0.0582. The first kappa shape index (κ1) is 21.5. The van der Waals surface area contributed by atoms with Crippen LogP contribution in [0.25, 0.3) is 11.3 Å². The van der Waals surface area contributed by atoms with Gasteiger partial charge in [0.2, 0.25) is 5.96 Å². The van der Waals surface area contributed by atoms with Crippen molar-refractivity contribution in [3.05, 3.63) is 64.5 Å². The van der Waals surface area contributed by atoms with Gasteiger partial charge in [0, 0.05) is 16.1 Å². The molecule has 0 radical (unpaired) electrons. The fourth-order valence-corrected chi connectivity index (χ4v) is 3.95. The van der Waals surface area contributed by atoms with Gasteiger partial charge in [0.15, 0.2) is 5.13 Å². The van der Waals surface area contributed by atoms with Gasteiger partial charge in [0.25, 0.3) is 0 Å². The van der Waals surface area contributed by atoms with Crippen molar-refractivity contribution < 1.29 is 0 Å². The molecule has 0 amide bonds. The number of thiazole rings is 1. The summed E-state index contributed by atoms with van der Waals surface area (Å²) in [5.74, 6) is 0.595. The van der Waals surface area contributed by atoms with Crippen molar-refractivity contribution in [3.63, 3.8) is 0 Å². The normalized spacial score (nSPS) is 11.6. The molecule has 5 N–H and O–H groups in total. The van der Waals surface area contributed by atoms with E-state index in [2.05, 4.69) is 60.6 Å². The molecule has 0 saturated heterocycles. The average Bonchev–Trinajstić information content (AvgIpc) is 3.07. The number of nitrogens with two attached hydrogens (primary N) is 2. The number of aryl methyl sites for hydroxylation is 1. The third-order valence-electron chi connectivity index (χ3n) is 4.54. The molecule has 156 valence electrons. The number of rotatable bonds is 7. The molecule has 2 aromatic carbocycles. The molecule has 1 aromatic heterocycles. The average molecular weight is 421 g/mol. The van der Waals surface area contributed by atoms with Crippen LogP contribution in [0.1, 0.15) is 36.8 Å². The highest BCUT2D eigenvalue weighted by molar-refractivity contribution is 7.16. The molecule has 0 bridgehead atoms. The quantitative estimate of drug-likeness (QED) is 0.282. The first-order valence-corrected chi connectivity index (χ1v) is 10.7. The van der Waals surface area contributed by atoms with Crippen LogP contribution in [0.2, 0.25) is 0 Å². The Morgan fingerprint density at radius 1 is 1.03 bits per heavy atom. The summed E-state index contributed by atoms with van der Waals surface area (Å²) in [6, 6.07) is 16.6. The molecule has 6 nitrogen and oxygen atoms in total. The summed E-state index contributed by atoms with van der Waals surface area (Å²) in [4.78, 5) is 6.00. The van der Waals surface area contributed by atoms with Crippen molar-refractivity contribution in [3.8, 4) is 11.3 Å². The lowest BCUT2D eigenvalue weighted by Crippen LogP contribution is -2.22. The van der Waals surface area contributed by atoms with Crippen LogP contribution in [0, 0.1) is 12.8 Å². The number of hydrogen-bond acceptors (Lipinski definition) is 5. The molecule has 7 heteroatoms. The number of nitrogens with zero attached hydrogens (tertiary/aromatic N) is 3. The highest BCUT2D eigenvalue weighted by Gasteiger charge is 2.11. The van der Waals surface area contributed by atoms with Crippen molar-refractivity contribution in [2.45, 2.75) is 34.1 Å². The minimum absolute atomic E-state index is 0.0582. The van der Waals surface area contributed by atoms with Crippen LogP contribution in [-0.4, -0.2) is 16.7 Å². The number of benzene rings is 2. The molecule has 0 aliphatic heterocycles. The van der Waals surface area contributed by atoms with Gasteiger partial charge in [0.05, 0.1) is 11.4 Å². The fraction of sp³-hybridized carbons (Fsp3) is 0.261. The van der Waals surface area contributed by atoms with E-state index < -0.39 is 0 Å². The molecule has 0 fully saturated rings. The van der Waals surface area contributed by atoms with E-state index in [0.717, 1.165) is 39.8 Å². The van der Waals surface area contributed by atoms with Crippen molar-refractivity contribution in [2.75, 3.05) is 5.32 Å². The lowest BCUT2D eigenvalue weighted by molar-refractivity contribution is 0.647. The molecule has 0 unspecified atom stereocenters. The van der Waals surface area contributed by atoms with Crippen LogP contribution < -0.4 is 16.8 Å². The van der Waals surface area contributed by atoms with Crippen LogP contribution in [0.3, 0.4) is 0 Å². The minimum Gasteiger partial charge on any atom is -0.369 e. The molecule has 30 heavy (non-hydrogen) atoms. The maximum Gasteiger partial charge on any atom is 0.211 e. The zero-order valence-electron chi connectivity index (χ0n) is 17.8. The van der Waals surface area contributed by atoms with E-state index in [1.807, 2.05) is 31.2 Å². The highest BCUT2D eigenvalue weighted by Crippen LogP contribution is 2.32. The zero-order chi connectivity index (χ0) is 21.7. The van der Waals surface area contributed by atoms with E-state index in [4.69, 9.17) is 16.5 Å². The Kier molecular flexibility index (Phi) is 6.84. The smallest absolute Gasteiger partial charge is 0.211 e. The van der Waals surface area contributed by atoms with Gasteiger partial charge in [-0.15, -0.1) is 16.4 Å². The first-order valence-electron chi connectivity index (χ1n) is 9.89. The largest absolute Gasteiger partial charge is 0.369 e. The van der Waals surface area contributed by atoms with Crippen molar-refractivity contribution in [2.24, 2.45) is 27.6 Å². The molecular weight excluding hydrogens is 392 g/mol. The third kappa shape index (κ3) is 5.67. The highest BCUT2D eigenvalue weighted by atomic mass is 32.1. The second-order valence-electron chi connectivity index (χ2n) is 7.63. The molecule has 0 spiro atoms. The van der Waals surface area contributed by atoms with E-state index in [-0.39, 0.29) is 5.96 Å². The predicted octanol–water partition coefficient (Wildman–Crippen LogP) is 5.06. The van der Waals surface area contributed by atoms with E-state index in [1.54, 1.807) is 11.3 Å². The van der Waals surface area contributed by atoms with E-state index >= 15 is 0 Å². The molecule has 0 atom stereocenters. The van der Waals surface area contributed by atoms with Gasteiger partial charge in [0.1, 0.15) is 0 Å². The second-order valence-corrected chi connectivity index (χ2v) is 8.83. The number of hydrogen-bond donors (Lipinski definition) is 3. The molecule has 3 rings (SSSR count). The molecular formula is C23H28N6S. The summed E-state index contributed by atoms with van der Waals surface area (Å²) < 4.78 is 0. The standard InChI is InChI=1S/C23H28N6S/c1-14(2)13-17-5-7-19(8-6-17)21-16(4)30-23(27-21)26-20-11-9-18(10-12-20)15(3)28-29-22(24)25/h5-12,14H,13H2,1-4H3,(H,26,27)(H4,24,25,29). The zero-order valence-corrected chi connectivity index (χ0v) is 18.6.